The molecule has 0 aliphatic carbocycles. The first kappa shape index (κ1) is 47.8. The quantitative estimate of drug-likeness (QED) is 0.0360. The number of fused-ring (bicyclic) bond motifs is 1. The predicted molar refractivity (Wildman–Crippen MR) is 235 cm³/mol. The first-order chi connectivity index (χ1) is 29.2. The molecule has 4 rings (SSSR count). The van der Waals surface area contributed by atoms with Crippen molar-refractivity contribution in [3.63, 3.8) is 0 Å². The molecule has 1 aromatic heterocycles. The second kappa shape index (κ2) is 23.8. The summed E-state index contributed by atoms with van der Waals surface area (Å²) in [7, 11) is 0. The maximum atomic E-state index is 14.5. The number of unbranched alkanes of at least 4 members (excludes halogenated alkanes) is 1. The molecule has 0 radical (unpaired) electrons. The van der Waals surface area contributed by atoms with Crippen molar-refractivity contribution in [2.45, 2.75) is 95.0 Å². The molecular weight excluding hydrogens is 801 g/mol. The summed E-state index contributed by atoms with van der Waals surface area (Å²) >= 11 is 4.09. The molecule has 61 heavy (non-hydrogen) atoms. The highest BCUT2D eigenvalue weighted by Crippen LogP contribution is 2.20. The average molecular weight is 859 g/mol. The van der Waals surface area contributed by atoms with E-state index in [1.165, 1.54) is 12.1 Å². The van der Waals surface area contributed by atoms with Gasteiger partial charge in [-0.25, -0.2) is 4.79 Å². The fourth-order valence-electron chi connectivity index (χ4n) is 6.79. The van der Waals surface area contributed by atoms with Gasteiger partial charge in [-0.1, -0.05) is 74.5 Å². The van der Waals surface area contributed by atoms with Gasteiger partial charge in [-0.15, -0.1) is 0 Å². The molecule has 16 nitrogen and oxygen atoms in total. The van der Waals surface area contributed by atoms with E-state index in [1.807, 2.05) is 54.6 Å². The zero-order chi connectivity index (χ0) is 44.5. The van der Waals surface area contributed by atoms with Crippen molar-refractivity contribution < 1.29 is 39.0 Å². The number of aromatic amines is 1. The Morgan fingerprint density at radius 1 is 0.656 bits per heavy atom. The molecule has 6 unspecified atom stereocenters. The van der Waals surface area contributed by atoms with E-state index in [9.17, 15) is 39.0 Å². The highest BCUT2D eigenvalue weighted by Gasteiger charge is 2.34. The van der Waals surface area contributed by atoms with Crippen molar-refractivity contribution >= 4 is 59.0 Å². The summed E-state index contributed by atoms with van der Waals surface area (Å²) in [4.78, 5) is 84.6. The number of carbonyl (C=O) groups is 6. The van der Waals surface area contributed by atoms with Crippen LogP contribution < -0.4 is 38.1 Å². The van der Waals surface area contributed by atoms with E-state index in [1.54, 1.807) is 32.2 Å². The van der Waals surface area contributed by atoms with Crippen molar-refractivity contribution in [2.75, 3.05) is 12.3 Å². The van der Waals surface area contributed by atoms with Crippen molar-refractivity contribution in [3.8, 4) is 5.75 Å². The van der Waals surface area contributed by atoms with Gasteiger partial charge in [0.2, 0.25) is 29.5 Å². The van der Waals surface area contributed by atoms with Crippen molar-refractivity contribution in [1.82, 2.24) is 31.6 Å². The highest BCUT2D eigenvalue weighted by atomic mass is 32.1. The molecule has 5 amide bonds. The Bertz CT molecular complexity index is 2080. The van der Waals surface area contributed by atoms with E-state index >= 15 is 0 Å². The van der Waals surface area contributed by atoms with E-state index < -0.39 is 77.7 Å². The molecule has 0 bridgehead atoms. The minimum atomic E-state index is -1.28. The number of phenols is 1. The number of hydrogen-bond acceptors (Lipinski definition) is 10. The van der Waals surface area contributed by atoms with Crippen molar-refractivity contribution in [3.05, 3.63) is 102 Å². The summed E-state index contributed by atoms with van der Waals surface area (Å²) in [6, 6.07) is 15.7. The van der Waals surface area contributed by atoms with E-state index in [2.05, 4.69) is 44.2 Å². The van der Waals surface area contributed by atoms with Gasteiger partial charge in [0, 0.05) is 29.9 Å². The molecule has 1 heterocycles. The maximum absolute atomic E-state index is 14.5. The van der Waals surface area contributed by atoms with Crippen LogP contribution in [0, 0.1) is 5.92 Å². The number of hydrogen-bond donors (Lipinski definition) is 11. The number of aromatic nitrogens is 1. The van der Waals surface area contributed by atoms with Crippen LogP contribution in [0.2, 0.25) is 0 Å². The van der Waals surface area contributed by atoms with Gasteiger partial charge in [-0.2, -0.15) is 12.6 Å². The van der Waals surface area contributed by atoms with Gasteiger partial charge in [0.1, 0.15) is 36.0 Å². The van der Waals surface area contributed by atoms with E-state index in [0.717, 1.165) is 16.5 Å². The largest absolute Gasteiger partial charge is 0.508 e. The van der Waals surface area contributed by atoms with Gasteiger partial charge in [-0.3, -0.25) is 24.0 Å². The number of nitrogens with one attached hydrogen (secondary N) is 6. The fraction of sp³-hybridized carbons (Fsp3) is 0.409. The number of nitrogens with two attached hydrogens (primary N) is 2. The molecule has 6 atom stereocenters. The van der Waals surface area contributed by atoms with Gasteiger partial charge >= 0.3 is 5.97 Å². The monoisotopic (exact) mass is 858 g/mol. The number of aliphatic carboxylic acids is 1. The molecule has 4 aromatic rings. The number of benzene rings is 3. The average Bonchev–Trinajstić information content (AvgIpc) is 3.64. The normalized spacial score (nSPS) is 14.2. The zero-order valence-corrected chi connectivity index (χ0v) is 35.3. The Labute approximate surface area is 360 Å². The van der Waals surface area contributed by atoms with Crippen LogP contribution in [0.4, 0.5) is 0 Å². The standard InChI is InChI=1S/C44H58N8O8S/c1-26(2)38(43(58)49-35(19-21-61)44(59)60)52-40(55)34(14-8-9-20-45)48-42(57)37(24-29-25-47-33-13-7-6-12-31(29)33)51-41(56)36(23-28-15-17-30(53)18-16-28)50-39(54)32(46)22-27-10-4-3-5-11-27/h3-7,10-13,15-18,25-26,32,34-38,47,53,61H,8-9,14,19-24,45-46H2,1-2H3,(H,48,57)(H,49,58)(H,50,54)(H,51,56)(H,52,55)(H,59,60). The van der Waals surface area contributed by atoms with Gasteiger partial charge in [0.25, 0.3) is 0 Å². The van der Waals surface area contributed by atoms with Gasteiger partial charge in [0.15, 0.2) is 0 Å². The number of carboxylic acid groups (broad SMARTS) is 1. The molecule has 328 valence electrons. The lowest BCUT2D eigenvalue weighted by Gasteiger charge is -2.28. The Hall–Kier alpha value is -5.91. The molecule has 0 spiro atoms. The molecule has 0 saturated carbocycles. The number of aromatic hydroxyl groups is 1. The molecule has 0 aliphatic rings. The topological polar surface area (TPSA) is 271 Å². The van der Waals surface area contributed by atoms with E-state index in [4.69, 9.17) is 11.5 Å². The molecule has 0 fully saturated rings. The summed E-state index contributed by atoms with van der Waals surface area (Å²) in [5, 5.41) is 33.9. The third-order valence-corrected chi connectivity index (χ3v) is 10.5. The third-order valence-electron chi connectivity index (χ3n) is 10.2. The number of carboxylic acids is 1. The number of carbonyl (C=O) groups excluding carboxylic acids is 5. The first-order valence-electron chi connectivity index (χ1n) is 20.4. The summed E-state index contributed by atoms with van der Waals surface area (Å²) in [5.74, 6) is -4.92. The van der Waals surface area contributed by atoms with Crippen LogP contribution in [-0.2, 0) is 48.0 Å². The van der Waals surface area contributed by atoms with Crippen molar-refractivity contribution in [2.24, 2.45) is 17.4 Å². The van der Waals surface area contributed by atoms with Crippen molar-refractivity contribution in [1.29, 1.82) is 0 Å². The predicted octanol–water partition coefficient (Wildman–Crippen LogP) is 1.84. The van der Waals surface area contributed by atoms with Crippen LogP contribution >= 0.6 is 12.6 Å². The first-order valence-corrected chi connectivity index (χ1v) is 21.0. The Kier molecular flexibility index (Phi) is 18.6. The molecule has 17 heteroatoms. The minimum Gasteiger partial charge on any atom is -0.508 e. The zero-order valence-electron chi connectivity index (χ0n) is 34.4. The molecular formula is C44H58N8O8S. The third kappa shape index (κ3) is 14.7. The number of para-hydroxylation sites is 1. The maximum Gasteiger partial charge on any atom is 0.326 e. The number of H-pyrrole nitrogens is 1. The second-order valence-corrected chi connectivity index (χ2v) is 15.8. The van der Waals surface area contributed by atoms with Gasteiger partial charge < -0.3 is 53.2 Å². The van der Waals surface area contributed by atoms with E-state index in [0.29, 0.717) is 30.5 Å². The number of phenolic OH excluding ortho intramolecular Hbond substituents is 1. The smallest absolute Gasteiger partial charge is 0.326 e. The number of rotatable bonds is 24. The van der Waals surface area contributed by atoms with Crippen LogP contribution in [0.1, 0.15) is 56.2 Å². The van der Waals surface area contributed by atoms with Gasteiger partial charge in [-0.05, 0) is 85.2 Å². The van der Waals surface area contributed by atoms with E-state index in [-0.39, 0.29) is 43.6 Å². The Balaban J connectivity index is 1.63. The SMILES string of the molecule is CC(C)C(NC(=O)C(CCCCN)NC(=O)C(Cc1c[nH]c2ccccc12)NC(=O)C(Cc1ccc(O)cc1)NC(=O)C(N)Cc1ccccc1)C(=O)NC(CCS)C(=O)O. The van der Waals surface area contributed by atoms with Crippen LogP contribution in [0.15, 0.2) is 85.1 Å². The number of thiol groups is 1. The summed E-state index contributed by atoms with van der Waals surface area (Å²) in [6.45, 7) is 3.70. The number of amides is 5. The van der Waals surface area contributed by atoms with Gasteiger partial charge in [0.05, 0.1) is 6.04 Å². The minimum absolute atomic E-state index is 0.0116. The van der Waals surface area contributed by atoms with Crippen LogP contribution in [0.5, 0.6) is 5.75 Å². The summed E-state index contributed by atoms with van der Waals surface area (Å²) in [6.07, 6.45) is 3.04. The molecule has 3 aromatic carbocycles. The lowest BCUT2D eigenvalue weighted by atomic mass is 9.99. The highest BCUT2D eigenvalue weighted by molar-refractivity contribution is 7.80. The lowest BCUT2D eigenvalue weighted by Crippen LogP contribution is -2.60. The Morgan fingerprint density at radius 2 is 1.23 bits per heavy atom. The molecule has 0 saturated heterocycles. The van der Waals surface area contributed by atoms with Crippen LogP contribution in [0.25, 0.3) is 10.9 Å². The van der Waals surface area contributed by atoms with Crippen LogP contribution in [0.3, 0.4) is 0 Å². The van der Waals surface area contributed by atoms with Crippen LogP contribution in [-0.4, -0.2) is 99.3 Å². The summed E-state index contributed by atoms with van der Waals surface area (Å²) in [5.41, 5.74) is 15.0. The molecule has 0 aliphatic heterocycles. The molecule has 12 N–H and O–H groups in total. The lowest BCUT2D eigenvalue weighted by molar-refractivity contribution is -0.142. The fourth-order valence-corrected chi connectivity index (χ4v) is 7.05. The Morgan fingerprint density at radius 3 is 1.87 bits per heavy atom. The second-order valence-electron chi connectivity index (χ2n) is 15.3. The summed E-state index contributed by atoms with van der Waals surface area (Å²) < 4.78 is 0.